The van der Waals surface area contributed by atoms with Gasteiger partial charge in [0.2, 0.25) is 0 Å². The normalized spacial score (nSPS) is 13.0. The third kappa shape index (κ3) is 5.65. The number of hydrogen-bond acceptors (Lipinski definition) is 3. The second-order valence-corrected chi connectivity index (χ2v) is 6.59. The Balaban J connectivity index is 0.00000196. The van der Waals surface area contributed by atoms with Crippen LogP contribution in [0.4, 0.5) is 0 Å². The van der Waals surface area contributed by atoms with Crippen molar-refractivity contribution in [1.82, 2.24) is 0 Å². The average molecular weight is 348 g/mol. The maximum atomic E-state index is 10.6. The number of hydrogen-bond donors (Lipinski definition) is 0. The Morgan fingerprint density at radius 2 is 1.80 bits per heavy atom. The molecule has 78 valence electrons. The fraction of sp³-hybridized carbons (Fsp3) is 0.333. The third-order valence-corrected chi connectivity index (χ3v) is 3.02. The van der Waals surface area contributed by atoms with Gasteiger partial charge < -0.3 is 4.55 Å². The molecule has 3 nitrogen and oxygen atoms in total. The van der Waals surface area contributed by atoms with E-state index in [2.05, 4.69) is 29.5 Å². The van der Waals surface area contributed by atoms with E-state index in [4.69, 9.17) is 0 Å². The predicted octanol–water partition coefficient (Wildman–Crippen LogP) is -1.04. The van der Waals surface area contributed by atoms with Crippen LogP contribution in [0.15, 0.2) is 29.2 Å². The average Bonchev–Trinajstić information content (AvgIpc) is 2.02. The summed E-state index contributed by atoms with van der Waals surface area (Å²) in [6, 6.07) is 6.08. The quantitative estimate of drug-likeness (QED) is 0.304. The molecular formula is C9H10INaO3S. The fourth-order valence-corrected chi connectivity index (χ4v) is 2.09. The van der Waals surface area contributed by atoms with Gasteiger partial charge in [-0.15, -0.1) is 0 Å². The summed E-state index contributed by atoms with van der Waals surface area (Å²) in [5.74, 6) is 0. The van der Waals surface area contributed by atoms with Crippen LogP contribution in [-0.2, 0) is 16.5 Å². The van der Waals surface area contributed by atoms with E-state index in [0.717, 1.165) is 12.0 Å². The van der Waals surface area contributed by atoms with Crippen LogP contribution in [0.1, 0.15) is 12.5 Å². The molecule has 1 aromatic rings. The van der Waals surface area contributed by atoms with Gasteiger partial charge in [0.25, 0.3) is 0 Å². The Hall–Kier alpha value is 0.860. The molecule has 1 unspecified atom stereocenters. The molecule has 0 spiro atoms. The number of halogens is 1. The zero-order valence-corrected chi connectivity index (χ0v) is 13.6. The number of benzene rings is 1. The van der Waals surface area contributed by atoms with Gasteiger partial charge in [-0.25, -0.2) is 8.42 Å². The molecule has 15 heavy (non-hydrogen) atoms. The zero-order valence-electron chi connectivity index (χ0n) is 8.60. The smallest absolute Gasteiger partial charge is 0.744 e. The van der Waals surface area contributed by atoms with E-state index in [1.165, 1.54) is 12.1 Å². The minimum Gasteiger partial charge on any atom is -0.744 e. The van der Waals surface area contributed by atoms with Crippen LogP contribution in [0.3, 0.4) is 0 Å². The van der Waals surface area contributed by atoms with Crippen LogP contribution >= 0.6 is 22.6 Å². The van der Waals surface area contributed by atoms with Crippen molar-refractivity contribution in [2.75, 3.05) is 0 Å². The largest absolute Gasteiger partial charge is 1.00 e. The monoisotopic (exact) mass is 348 g/mol. The molecule has 0 aromatic heterocycles. The minimum absolute atomic E-state index is 0. The summed E-state index contributed by atoms with van der Waals surface area (Å²) < 4.78 is 32.3. The van der Waals surface area contributed by atoms with E-state index in [9.17, 15) is 13.0 Å². The first-order valence-corrected chi connectivity index (χ1v) is 6.74. The second kappa shape index (κ2) is 6.56. The Labute approximate surface area is 126 Å². The van der Waals surface area contributed by atoms with Gasteiger partial charge in [0, 0.05) is 3.92 Å². The summed E-state index contributed by atoms with van der Waals surface area (Å²) in [6.45, 7) is 2.07. The Bertz CT molecular complexity index is 400. The van der Waals surface area contributed by atoms with Crippen molar-refractivity contribution in [3.63, 3.8) is 0 Å². The maximum absolute atomic E-state index is 10.6. The second-order valence-electron chi connectivity index (χ2n) is 3.08. The van der Waals surface area contributed by atoms with Crippen LogP contribution in [0.5, 0.6) is 0 Å². The van der Waals surface area contributed by atoms with Crippen molar-refractivity contribution < 1.29 is 42.5 Å². The first-order chi connectivity index (χ1) is 6.39. The van der Waals surface area contributed by atoms with E-state index in [-0.39, 0.29) is 34.5 Å². The minimum atomic E-state index is -4.30. The summed E-state index contributed by atoms with van der Waals surface area (Å²) in [5.41, 5.74) is 1.04. The van der Waals surface area contributed by atoms with Gasteiger partial charge in [0.1, 0.15) is 10.1 Å². The summed E-state index contributed by atoms with van der Waals surface area (Å²) in [6.07, 6.45) is 0.875. The molecule has 0 saturated heterocycles. The maximum Gasteiger partial charge on any atom is 1.00 e. The molecule has 0 bridgehead atoms. The molecule has 0 aliphatic rings. The number of rotatable bonds is 3. The van der Waals surface area contributed by atoms with E-state index in [1.54, 1.807) is 12.1 Å². The molecule has 1 aromatic carbocycles. The van der Waals surface area contributed by atoms with Crippen molar-refractivity contribution in [2.24, 2.45) is 0 Å². The van der Waals surface area contributed by atoms with Gasteiger partial charge >= 0.3 is 29.6 Å². The zero-order chi connectivity index (χ0) is 10.8. The molecule has 0 fully saturated rings. The molecule has 0 amide bonds. The van der Waals surface area contributed by atoms with Crippen molar-refractivity contribution in [2.45, 2.75) is 22.2 Å². The van der Waals surface area contributed by atoms with Crippen LogP contribution < -0.4 is 29.6 Å². The Morgan fingerprint density at radius 3 is 2.13 bits per heavy atom. The first-order valence-electron chi connectivity index (χ1n) is 4.08. The first kappa shape index (κ1) is 15.9. The summed E-state index contributed by atoms with van der Waals surface area (Å²) >= 11 is 2.29. The summed E-state index contributed by atoms with van der Waals surface area (Å²) in [7, 11) is -4.30. The van der Waals surface area contributed by atoms with Crippen molar-refractivity contribution in [1.29, 1.82) is 0 Å². The molecular weight excluding hydrogens is 338 g/mol. The number of alkyl halides is 1. The molecule has 1 atom stereocenters. The van der Waals surface area contributed by atoms with E-state index < -0.39 is 10.1 Å². The van der Waals surface area contributed by atoms with Crippen molar-refractivity contribution >= 4 is 32.7 Å². The fourth-order valence-electron chi connectivity index (χ4n) is 1.12. The molecule has 1 rings (SSSR count). The molecule has 6 heteroatoms. The topological polar surface area (TPSA) is 57.2 Å². The third-order valence-electron chi connectivity index (χ3n) is 1.73. The molecule has 0 aliphatic heterocycles. The standard InChI is InChI=1S/C9H11IO3S.Na/c1-7(10)6-8-2-4-9(5-3-8)14(11,12)13;/h2-5,7H,6H2,1H3,(H,11,12,13);/q;+1/p-1. The van der Waals surface area contributed by atoms with Crippen LogP contribution in [0.25, 0.3) is 0 Å². The summed E-state index contributed by atoms with van der Waals surface area (Å²) in [5, 5.41) is 0. The van der Waals surface area contributed by atoms with Gasteiger partial charge in [0.05, 0.1) is 4.90 Å². The van der Waals surface area contributed by atoms with Crippen molar-refractivity contribution in [3.05, 3.63) is 29.8 Å². The van der Waals surface area contributed by atoms with Gasteiger partial charge in [-0.2, -0.15) is 0 Å². The van der Waals surface area contributed by atoms with E-state index in [0.29, 0.717) is 3.92 Å². The van der Waals surface area contributed by atoms with Gasteiger partial charge in [-0.1, -0.05) is 41.6 Å². The van der Waals surface area contributed by atoms with E-state index >= 15 is 0 Å². The summed E-state index contributed by atoms with van der Waals surface area (Å²) in [4.78, 5) is -0.164. The van der Waals surface area contributed by atoms with Crippen LogP contribution in [0, 0.1) is 0 Å². The molecule has 0 aliphatic carbocycles. The van der Waals surface area contributed by atoms with Crippen LogP contribution in [-0.4, -0.2) is 16.9 Å². The van der Waals surface area contributed by atoms with Crippen LogP contribution in [0.2, 0.25) is 0 Å². The molecule has 0 saturated carbocycles. The molecule has 0 N–H and O–H groups in total. The Morgan fingerprint density at radius 1 is 1.33 bits per heavy atom. The molecule has 0 radical (unpaired) electrons. The Kier molecular flexibility index (Phi) is 6.94. The van der Waals surface area contributed by atoms with Gasteiger partial charge in [0.15, 0.2) is 0 Å². The van der Waals surface area contributed by atoms with E-state index in [1.807, 2.05) is 0 Å². The van der Waals surface area contributed by atoms with Crippen molar-refractivity contribution in [3.8, 4) is 0 Å². The van der Waals surface area contributed by atoms with Gasteiger partial charge in [-0.05, 0) is 24.1 Å². The molecule has 0 heterocycles. The predicted molar refractivity (Wildman–Crippen MR) is 61.6 cm³/mol. The van der Waals surface area contributed by atoms with Gasteiger partial charge in [-0.3, -0.25) is 0 Å². The SMILES string of the molecule is CC(I)Cc1ccc(S(=O)(=O)[O-])cc1.[Na+].